The number of nitrogens with one attached hydrogen (secondary N) is 2. The number of H-pyrrole nitrogens is 1. The van der Waals surface area contributed by atoms with Crippen molar-refractivity contribution in [1.82, 2.24) is 4.90 Å². The van der Waals surface area contributed by atoms with E-state index in [2.05, 4.69) is 44.4 Å². The van der Waals surface area contributed by atoms with E-state index < -0.39 is 0 Å². The maximum absolute atomic E-state index is 11.6. The van der Waals surface area contributed by atoms with Crippen molar-refractivity contribution in [3.8, 4) is 5.75 Å². The summed E-state index contributed by atoms with van der Waals surface area (Å²) in [5.41, 5.74) is 3.42. The van der Waals surface area contributed by atoms with Gasteiger partial charge in [-0.25, -0.2) is 4.98 Å². The van der Waals surface area contributed by atoms with Crippen LogP contribution in [0.5, 0.6) is 5.75 Å². The number of aromatic hydroxyl groups is 1. The molecule has 4 rings (SSSR count). The summed E-state index contributed by atoms with van der Waals surface area (Å²) in [5.74, 6) is 0.119. The molecule has 6 nitrogen and oxygen atoms in total. The predicted octanol–water partition coefficient (Wildman–Crippen LogP) is 2.64. The van der Waals surface area contributed by atoms with E-state index in [-0.39, 0.29) is 11.7 Å². The Labute approximate surface area is 164 Å². The highest BCUT2D eigenvalue weighted by molar-refractivity contribution is 6.01. The number of carbonyl (C=O) groups excluding carboxylic acids is 1. The molecule has 3 N–H and O–H groups in total. The zero-order valence-corrected chi connectivity index (χ0v) is 16.0. The van der Waals surface area contributed by atoms with Crippen molar-refractivity contribution in [1.29, 1.82) is 0 Å². The number of piperazine rings is 1. The van der Waals surface area contributed by atoms with Crippen LogP contribution in [0.25, 0.3) is 10.9 Å². The number of phenolic OH excluding ortho intramolecular Hbond substituents is 1. The summed E-state index contributed by atoms with van der Waals surface area (Å²) in [4.78, 5) is 19.4. The Kier molecular flexibility index (Phi) is 5.12. The summed E-state index contributed by atoms with van der Waals surface area (Å²) in [7, 11) is 0. The lowest BCUT2D eigenvalue weighted by Crippen LogP contribution is -2.46. The average molecular weight is 377 g/mol. The quantitative estimate of drug-likeness (QED) is 0.686. The molecule has 2 heterocycles. The lowest BCUT2D eigenvalue weighted by Gasteiger charge is -2.36. The minimum atomic E-state index is -0.127. The summed E-state index contributed by atoms with van der Waals surface area (Å²) in [6.45, 7) is 5.86. The van der Waals surface area contributed by atoms with Gasteiger partial charge in [-0.2, -0.15) is 0 Å². The van der Waals surface area contributed by atoms with Crippen molar-refractivity contribution in [2.45, 2.75) is 13.5 Å². The fourth-order valence-corrected chi connectivity index (χ4v) is 3.80. The van der Waals surface area contributed by atoms with Crippen LogP contribution in [-0.4, -0.2) is 42.1 Å². The first-order valence-electron chi connectivity index (χ1n) is 9.57. The topological polar surface area (TPSA) is 70.0 Å². The third-order valence-corrected chi connectivity index (χ3v) is 5.20. The first kappa shape index (κ1) is 18.3. The monoisotopic (exact) mass is 377 g/mol. The number of aromatic nitrogens is 1. The number of nitrogens with zero attached hydrogens (tertiary/aromatic N) is 2. The van der Waals surface area contributed by atoms with Crippen LogP contribution in [0.2, 0.25) is 0 Å². The number of aromatic amines is 1. The number of pyridine rings is 1. The number of hydrogen-bond acceptors (Lipinski definition) is 4. The fraction of sp³-hybridized carbons (Fsp3) is 0.273. The molecule has 0 atom stereocenters. The zero-order chi connectivity index (χ0) is 19.5. The van der Waals surface area contributed by atoms with Crippen LogP contribution < -0.4 is 15.2 Å². The van der Waals surface area contributed by atoms with Crippen LogP contribution in [0.3, 0.4) is 0 Å². The first-order valence-corrected chi connectivity index (χ1v) is 9.57. The van der Waals surface area contributed by atoms with Gasteiger partial charge in [0.15, 0.2) is 11.9 Å². The molecular weight excluding hydrogens is 352 g/mol. The van der Waals surface area contributed by atoms with Crippen molar-refractivity contribution < 1.29 is 14.9 Å². The lowest BCUT2D eigenvalue weighted by molar-refractivity contribution is -0.345. The Morgan fingerprint density at radius 1 is 1.11 bits per heavy atom. The van der Waals surface area contributed by atoms with E-state index in [1.807, 2.05) is 24.3 Å². The molecule has 0 unspecified atom stereocenters. The highest BCUT2D eigenvalue weighted by Crippen LogP contribution is 2.33. The van der Waals surface area contributed by atoms with Gasteiger partial charge in [0.2, 0.25) is 5.91 Å². The number of carbonyl (C=O) groups is 1. The van der Waals surface area contributed by atoms with Gasteiger partial charge in [-0.3, -0.25) is 9.69 Å². The molecule has 1 aliphatic rings. The number of para-hydroxylation sites is 1. The standard InChI is InChI=1S/C22H24N4O2/c1-16(27)24-20-14-17(22(28)21-19(20)8-5-9-23-21)15-25-10-12-26(13-11-25)18-6-3-2-4-7-18/h2-9,14,28H,10-13,15H2,1H3,(H,24,27)/p+1. The van der Waals surface area contributed by atoms with Gasteiger partial charge in [0.1, 0.15) is 0 Å². The van der Waals surface area contributed by atoms with Gasteiger partial charge in [-0.05, 0) is 24.3 Å². The summed E-state index contributed by atoms with van der Waals surface area (Å²) in [6, 6.07) is 16.1. The van der Waals surface area contributed by atoms with Crippen molar-refractivity contribution in [3.05, 3.63) is 60.3 Å². The Bertz CT molecular complexity index is 982. The van der Waals surface area contributed by atoms with E-state index in [1.165, 1.54) is 12.6 Å². The van der Waals surface area contributed by atoms with Crippen LogP contribution in [0.4, 0.5) is 11.4 Å². The summed E-state index contributed by atoms with van der Waals surface area (Å²) in [6.07, 6.45) is 1.78. The summed E-state index contributed by atoms with van der Waals surface area (Å²) >= 11 is 0. The largest absolute Gasteiger partial charge is 0.502 e. The molecule has 0 saturated carbocycles. The summed E-state index contributed by atoms with van der Waals surface area (Å²) in [5, 5.41) is 14.5. The van der Waals surface area contributed by atoms with Gasteiger partial charge in [-0.15, -0.1) is 0 Å². The van der Waals surface area contributed by atoms with Gasteiger partial charge < -0.3 is 15.3 Å². The highest BCUT2D eigenvalue weighted by Gasteiger charge is 2.22. The number of phenols is 1. The van der Waals surface area contributed by atoms with E-state index in [1.54, 1.807) is 6.20 Å². The van der Waals surface area contributed by atoms with Gasteiger partial charge in [0.25, 0.3) is 5.52 Å². The number of amides is 1. The maximum atomic E-state index is 11.6. The van der Waals surface area contributed by atoms with Crippen molar-refractivity contribution in [2.24, 2.45) is 0 Å². The number of rotatable bonds is 4. The van der Waals surface area contributed by atoms with Crippen LogP contribution in [-0.2, 0) is 11.3 Å². The minimum absolute atomic E-state index is 0.127. The number of benzene rings is 2. The molecule has 0 spiro atoms. The molecule has 1 amide bonds. The van der Waals surface area contributed by atoms with Crippen LogP contribution in [0.1, 0.15) is 12.5 Å². The molecule has 144 valence electrons. The molecule has 1 aliphatic heterocycles. The minimum Gasteiger partial charge on any atom is -0.502 e. The summed E-state index contributed by atoms with van der Waals surface area (Å²) < 4.78 is 0. The molecule has 1 fully saturated rings. The van der Waals surface area contributed by atoms with E-state index in [4.69, 9.17) is 0 Å². The second-order valence-corrected chi connectivity index (χ2v) is 7.17. The Balaban J connectivity index is 1.53. The third-order valence-electron chi connectivity index (χ3n) is 5.20. The third kappa shape index (κ3) is 3.77. The Hall–Kier alpha value is -3.12. The molecule has 1 aromatic heterocycles. The smallest absolute Gasteiger partial charge is 0.255 e. The van der Waals surface area contributed by atoms with Crippen LogP contribution in [0.15, 0.2) is 54.7 Å². The van der Waals surface area contributed by atoms with Gasteiger partial charge >= 0.3 is 0 Å². The van der Waals surface area contributed by atoms with Gasteiger partial charge in [0, 0.05) is 57.0 Å². The van der Waals surface area contributed by atoms with E-state index in [0.717, 1.165) is 42.8 Å². The molecule has 28 heavy (non-hydrogen) atoms. The van der Waals surface area contributed by atoms with Crippen molar-refractivity contribution >= 4 is 28.2 Å². The second-order valence-electron chi connectivity index (χ2n) is 7.17. The number of anilines is 2. The number of fused-ring (bicyclic) bond motifs is 1. The highest BCUT2D eigenvalue weighted by atomic mass is 16.3. The van der Waals surface area contributed by atoms with Crippen LogP contribution in [0, 0.1) is 0 Å². The first-order chi connectivity index (χ1) is 13.6. The van der Waals surface area contributed by atoms with Crippen LogP contribution >= 0.6 is 0 Å². The van der Waals surface area contributed by atoms with E-state index in [0.29, 0.717) is 12.1 Å². The molecule has 2 aromatic carbocycles. The Morgan fingerprint density at radius 2 is 1.86 bits per heavy atom. The van der Waals surface area contributed by atoms with E-state index in [9.17, 15) is 9.90 Å². The molecule has 0 radical (unpaired) electrons. The molecule has 1 saturated heterocycles. The average Bonchev–Trinajstić information content (AvgIpc) is 2.72. The SMILES string of the molecule is CC(=O)Nc1cc(CN2CCN(c3ccccc3)CC2)c(O)c2[nH+]cccc12. The predicted molar refractivity (Wildman–Crippen MR) is 110 cm³/mol. The van der Waals surface area contributed by atoms with Gasteiger partial charge in [-0.1, -0.05) is 18.2 Å². The van der Waals surface area contributed by atoms with Crippen molar-refractivity contribution in [3.63, 3.8) is 0 Å². The molecular formula is C22H25N4O2+. The second kappa shape index (κ2) is 7.86. The van der Waals surface area contributed by atoms with Gasteiger partial charge in [0.05, 0.1) is 11.1 Å². The normalized spacial score (nSPS) is 15.0. The van der Waals surface area contributed by atoms with Crippen molar-refractivity contribution in [2.75, 3.05) is 36.4 Å². The molecule has 0 bridgehead atoms. The molecule has 0 aliphatic carbocycles. The molecule has 3 aromatic rings. The maximum Gasteiger partial charge on any atom is 0.255 e. The fourth-order valence-electron chi connectivity index (χ4n) is 3.80. The Morgan fingerprint density at radius 3 is 2.57 bits per heavy atom. The zero-order valence-electron chi connectivity index (χ0n) is 16.0. The van der Waals surface area contributed by atoms with E-state index >= 15 is 0 Å². The molecule has 6 heteroatoms. The number of hydrogen-bond donors (Lipinski definition) is 2. The lowest BCUT2D eigenvalue weighted by atomic mass is 10.1.